The van der Waals surface area contributed by atoms with Gasteiger partial charge in [0.15, 0.2) is 11.5 Å². The molecule has 1 spiro atoms. The smallest absolute Gasteiger partial charge is 0.391 e. The number of hydrogen-bond donors (Lipinski definition) is 2. The maximum atomic E-state index is 14.6. The zero-order valence-corrected chi connectivity index (χ0v) is 30.7. The maximum absolute atomic E-state index is 14.6. The van der Waals surface area contributed by atoms with E-state index in [1.807, 2.05) is 15.9 Å². The summed E-state index contributed by atoms with van der Waals surface area (Å²) >= 11 is 1.41. The molecule has 2 aromatic heterocycles. The number of nitrogens with zero attached hydrogens (tertiary/aromatic N) is 6. The lowest BCUT2D eigenvalue weighted by molar-refractivity contribution is -0.187. The third-order valence-electron chi connectivity index (χ3n) is 12.4. The number of aromatic nitrogens is 3. The lowest BCUT2D eigenvalue weighted by Crippen LogP contribution is -2.65. The Morgan fingerprint density at radius 3 is 2.44 bits per heavy atom. The lowest BCUT2D eigenvalue weighted by atomic mass is 9.70. The van der Waals surface area contributed by atoms with Gasteiger partial charge in [-0.05, 0) is 50.9 Å². The van der Waals surface area contributed by atoms with Gasteiger partial charge >= 0.3 is 6.18 Å². The molecule has 284 valence electrons. The van der Waals surface area contributed by atoms with Crippen molar-refractivity contribution in [1.29, 1.82) is 0 Å². The Morgan fingerprint density at radius 2 is 1.81 bits per heavy atom. The van der Waals surface area contributed by atoms with Gasteiger partial charge in [-0.15, -0.1) is 11.3 Å². The Hall–Kier alpha value is -3.37. The average molecular weight is 748 g/mol. The number of amides is 3. The number of aliphatic hydroxyl groups is 1. The molecule has 12 nitrogen and oxygen atoms in total. The number of aliphatic hydroxyl groups excluding tert-OH is 1. The molecular weight excluding hydrogens is 700 g/mol. The van der Waals surface area contributed by atoms with Crippen LogP contribution in [0.1, 0.15) is 59.3 Å². The van der Waals surface area contributed by atoms with E-state index in [-0.39, 0.29) is 68.8 Å². The van der Waals surface area contributed by atoms with Crippen molar-refractivity contribution >= 4 is 45.2 Å². The monoisotopic (exact) mass is 747 g/mol. The quantitative estimate of drug-likeness (QED) is 0.348. The molecule has 7 rings (SSSR count). The molecule has 1 saturated carbocycles. The first-order valence-electron chi connectivity index (χ1n) is 18.3. The molecule has 0 radical (unpaired) electrons. The fourth-order valence-electron chi connectivity index (χ4n) is 8.62. The van der Waals surface area contributed by atoms with Crippen LogP contribution in [0.15, 0.2) is 24.0 Å². The summed E-state index contributed by atoms with van der Waals surface area (Å²) in [5.74, 6) is -2.29. The van der Waals surface area contributed by atoms with Crippen molar-refractivity contribution in [1.82, 2.24) is 30.1 Å². The number of allylic oxidation sites excluding steroid dienone is 2. The number of likely N-dealkylation sites (tertiary alicyclic amines) is 2. The number of nitrogens with one attached hydrogen (secondary N) is 1. The summed E-state index contributed by atoms with van der Waals surface area (Å²) in [6.45, 7) is 7.22. The molecule has 5 atom stereocenters. The second kappa shape index (κ2) is 13.8. The van der Waals surface area contributed by atoms with Crippen molar-refractivity contribution in [3.8, 4) is 0 Å². The van der Waals surface area contributed by atoms with E-state index in [2.05, 4.69) is 40.2 Å². The van der Waals surface area contributed by atoms with Gasteiger partial charge in [0.1, 0.15) is 17.1 Å². The summed E-state index contributed by atoms with van der Waals surface area (Å²) in [5.41, 5.74) is 1.06. The number of fused-ring (bicyclic) bond motifs is 1. The lowest BCUT2D eigenvalue weighted by Gasteiger charge is -2.50. The van der Waals surface area contributed by atoms with Crippen LogP contribution in [0.2, 0.25) is 0 Å². The molecule has 16 heteroatoms. The van der Waals surface area contributed by atoms with Crippen LogP contribution in [-0.2, 0) is 19.1 Å². The van der Waals surface area contributed by atoms with Crippen LogP contribution in [0.5, 0.6) is 0 Å². The van der Waals surface area contributed by atoms with Crippen molar-refractivity contribution < 1.29 is 37.4 Å². The number of anilines is 1. The largest absolute Gasteiger partial charge is 0.396 e. The highest BCUT2D eigenvalue weighted by atomic mass is 32.1. The van der Waals surface area contributed by atoms with Crippen molar-refractivity contribution in [3.05, 3.63) is 24.0 Å². The van der Waals surface area contributed by atoms with Crippen LogP contribution < -0.4 is 10.2 Å². The molecule has 2 aliphatic carbocycles. The predicted octanol–water partition coefficient (Wildman–Crippen LogP) is 3.81. The summed E-state index contributed by atoms with van der Waals surface area (Å²) in [6.07, 6.45) is 2.82. The molecule has 3 saturated heterocycles. The van der Waals surface area contributed by atoms with Gasteiger partial charge in [-0.1, -0.05) is 26.0 Å². The molecule has 0 aromatic carbocycles. The van der Waals surface area contributed by atoms with E-state index in [0.717, 1.165) is 17.5 Å². The zero-order chi connectivity index (χ0) is 37.1. The SMILES string of the molecule is C[C@@H](OCC1(CO)CC=CCC1)[C@H](NC(=O)[C@@H]1CN(c2ncnc3ncsc23)CC12CN(C(=O)[C@H]1CC1(C)C)C2)C(=O)N1CCC(C(F)(F)F)CC1. The van der Waals surface area contributed by atoms with Crippen LogP contribution in [0.3, 0.4) is 0 Å². The fourth-order valence-corrected chi connectivity index (χ4v) is 9.38. The molecule has 3 aliphatic heterocycles. The van der Waals surface area contributed by atoms with Crippen LogP contribution in [0.4, 0.5) is 19.0 Å². The van der Waals surface area contributed by atoms with Gasteiger partial charge in [-0.2, -0.15) is 13.2 Å². The number of halogens is 3. The minimum atomic E-state index is -4.34. The Bertz CT molecular complexity index is 1710. The number of carbonyl (C=O) groups excluding carboxylic acids is 3. The van der Waals surface area contributed by atoms with Crippen LogP contribution in [0, 0.1) is 34.0 Å². The number of hydrogen-bond acceptors (Lipinski definition) is 10. The van der Waals surface area contributed by atoms with E-state index >= 15 is 0 Å². The molecule has 2 N–H and O–H groups in total. The normalized spacial score (nSPS) is 28.2. The van der Waals surface area contributed by atoms with E-state index in [0.29, 0.717) is 43.9 Å². The standard InChI is InChI=1S/C36H48F3N7O5S/c1-22(51-19-34(18-47)9-5-4-6-10-34)26(32(50)44-11-7-23(8-12-44)36(37,38)39)43-30(48)25-14-45(29-27-28(40-20-41-29)42-21-52-27)15-35(25)16-46(17-35)31(49)24-13-33(24,2)3/h4-5,20-26,47H,6-19H2,1-3H3,(H,43,48)/t22-,24-,25+,26+,34?/m1/s1. The molecule has 5 aliphatic rings. The summed E-state index contributed by atoms with van der Waals surface area (Å²) in [5, 5.41) is 13.3. The van der Waals surface area contributed by atoms with Gasteiger partial charge < -0.3 is 29.9 Å². The van der Waals surface area contributed by atoms with Crippen LogP contribution >= 0.6 is 11.3 Å². The first-order valence-corrected chi connectivity index (χ1v) is 19.1. The molecule has 1 unspecified atom stereocenters. The first-order chi connectivity index (χ1) is 24.7. The third-order valence-corrected chi connectivity index (χ3v) is 13.2. The fraction of sp³-hybridized carbons (Fsp3) is 0.722. The minimum Gasteiger partial charge on any atom is -0.396 e. The highest BCUT2D eigenvalue weighted by Crippen LogP contribution is 2.55. The number of piperidine rings is 1. The number of thiazole rings is 1. The van der Waals surface area contributed by atoms with Crippen molar-refractivity contribution in [2.75, 3.05) is 57.4 Å². The molecule has 52 heavy (non-hydrogen) atoms. The molecule has 2 aromatic rings. The van der Waals surface area contributed by atoms with Crippen molar-refractivity contribution in [2.24, 2.45) is 34.0 Å². The minimum absolute atomic E-state index is 0.0438. The first kappa shape index (κ1) is 37.0. The summed E-state index contributed by atoms with van der Waals surface area (Å²) in [4.78, 5) is 60.6. The van der Waals surface area contributed by atoms with Gasteiger partial charge in [0.2, 0.25) is 17.7 Å². The summed E-state index contributed by atoms with van der Waals surface area (Å²) < 4.78 is 47.6. The van der Waals surface area contributed by atoms with Gasteiger partial charge in [0.25, 0.3) is 0 Å². The van der Waals surface area contributed by atoms with Gasteiger partial charge in [-0.25, -0.2) is 15.0 Å². The molecular formula is C36H48F3N7O5S. The topological polar surface area (TPSA) is 141 Å². The Labute approximate surface area is 305 Å². The highest BCUT2D eigenvalue weighted by Gasteiger charge is 2.62. The summed E-state index contributed by atoms with van der Waals surface area (Å²) in [6, 6.07) is -1.17. The summed E-state index contributed by atoms with van der Waals surface area (Å²) in [7, 11) is 0. The highest BCUT2D eigenvalue weighted by molar-refractivity contribution is 7.17. The van der Waals surface area contributed by atoms with E-state index in [9.17, 15) is 32.7 Å². The number of carbonyl (C=O) groups is 3. The van der Waals surface area contributed by atoms with Gasteiger partial charge in [0, 0.05) is 56.0 Å². The molecule has 0 bridgehead atoms. The van der Waals surface area contributed by atoms with Crippen LogP contribution in [-0.4, -0.2) is 118 Å². The van der Waals surface area contributed by atoms with Gasteiger partial charge in [0.05, 0.1) is 36.7 Å². The molecule has 4 fully saturated rings. The van der Waals surface area contributed by atoms with E-state index in [1.165, 1.54) is 22.6 Å². The Morgan fingerprint density at radius 1 is 1.08 bits per heavy atom. The third kappa shape index (κ3) is 7.02. The molecule has 3 amide bonds. The zero-order valence-electron chi connectivity index (χ0n) is 29.9. The van der Waals surface area contributed by atoms with E-state index < -0.39 is 46.9 Å². The predicted molar refractivity (Wildman–Crippen MR) is 187 cm³/mol. The Balaban J connectivity index is 1.13. The maximum Gasteiger partial charge on any atom is 0.391 e. The number of ether oxygens (including phenoxy) is 1. The van der Waals surface area contributed by atoms with Crippen molar-refractivity contribution in [3.63, 3.8) is 0 Å². The average Bonchev–Trinajstić information content (AvgIpc) is 3.43. The van der Waals surface area contributed by atoms with Crippen molar-refractivity contribution in [2.45, 2.75) is 77.6 Å². The number of alkyl halides is 3. The molecule has 5 heterocycles. The second-order valence-electron chi connectivity index (χ2n) is 16.5. The second-order valence-corrected chi connectivity index (χ2v) is 17.3. The van der Waals surface area contributed by atoms with E-state index in [1.54, 1.807) is 12.4 Å². The number of rotatable bonds is 10. The van der Waals surface area contributed by atoms with E-state index in [4.69, 9.17) is 4.74 Å². The van der Waals surface area contributed by atoms with Gasteiger partial charge in [-0.3, -0.25) is 14.4 Å². The van der Waals surface area contributed by atoms with Crippen LogP contribution in [0.25, 0.3) is 10.3 Å². The Kier molecular flexibility index (Phi) is 9.81.